The van der Waals surface area contributed by atoms with Crippen molar-refractivity contribution in [3.8, 4) is 5.75 Å². The Balaban J connectivity index is 1.43. The van der Waals surface area contributed by atoms with E-state index in [4.69, 9.17) is 13.9 Å². The molecule has 7 nitrogen and oxygen atoms in total. The summed E-state index contributed by atoms with van der Waals surface area (Å²) in [7, 11) is 0. The Morgan fingerprint density at radius 2 is 1.67 bits per heavy atom. The number of carbonyl (C=O) groups excluding carboxylic acids is 2. The minimum absolute atomic E-state index is 0.0664. The van der Waals surface area contributed by atoms with Crippen LogP contribution in [0, 0.1) is 6.92 Å². The van der Waals surface area contributed by atoms with Crippen LogP contribution in [0.3, 0.4) is 0 Å². The second-order valence-electron chi connectivity index (χ2n) is 8.81. The first kappa shape index (κ1) is 23.4. The van der Waals surface area contributed by atoms with Gasteiger partial charge in [0.1, 0.15) is 17.9 Å². The van der Waals surface area contributed by atoms with Crippen LogP contribution in [0.1, 0.15) is 40.3 Å². The number of hydrogen-bond donors (Lipinski definition) is 1. The van der Waals surface area contributed by atoms with Crippen molar-refractivity contribution < 1.29 is 23.5 Å². The van der Waals surface area contributed by atoms with Gasteiger partial charge in [0.05, 0.1) is 5.39 Å². The lowest BCUT2D eigenvalue weighted by molar-refractivity contribution is -0.136. The van der Waals surface area contributed by atoms with E-state index in [0.29, 0.717) is 40.7 Å². The number of alkyl carbamates (subject to hydrolysis) is 1. The van der Waals surface area contributed by atoms with Gasteiger partial charge < -0.3 is 19.2 Å². The van der Waals surface area contributed by atoms with Crippen molar-refractivity contribution in [1.82, 2.24) is 5.32 Å². The Bertz CT molecular complexity index is 1480. The largest absolute Gasteiger partial charge is 0.445 e. The minimum Gasteiger partial charge on any atom is -0.445 e. The van der Waals surface area contributed by atoms with Crippen molar-refractivity contribution in [1.29, 1.82) is 0 Å². The summed E-state index contributed by atoms with van der Waals surface area (Å²) < 4.78 is 16.8. The molecule has 1 amide bonds. The van der Waals surface area contributed by atoms with Crippen molar-refractivity contribution in [3.63, 3.8) is 0 Å². The molecule has 0 spiro atoms. The van der Waals surface area contributed by atoms with Gasteiger partial charge >= 0.3 is 17.7 Å². The van der Waals surface area contributed by atoms with Gasteiger partial charge in [-0.3, -0.25) is 0 Å². The zero-order chi connectivity index (χ0) is 25.1. The van der Waals surface area contributed by atoms with Crippen LogP contribution in [0.2, 0.25) is 0 Å². The van der Waals surface area contributed by atoms with Crippen molar-refractivity contribution >= 4 is 23.0 Å². The van der Waals surface area contributed by atoms with Crippen LogP contribution in [-0.2, 0) is 29.0 Å². The lowest BCUT2D eigenvalue weighted by Gasteiger charge is -2.19. The predicted molar refractivity (Wildman–Crippen MR) is 134 cm³/mol. The third kappa shape index (κ3) is 4.86. The van der Waals surface area contributed by atoms with Crippen molar-refractivity contribution in [3.05, 3.63) is 111 Å². The summed E-state index contributed by atoms with van der Waals surface area (Å²) in [5, 5.41) is 3.26. The Kier molecular flexibility index (Phi) is 6.54. The van der Waals surface area contributed by atoms with Crippen molar-refractivity contribution in [2.24, 2.45) is 0 Å². The fourth-order valence-corrected chi connectivity index (χ4v) is 4.56. The SMILES string of the molecule is Cc1cc(OC(=O)[C@H](NC(=O)OCc2ccccc2)c2ccccc2)c2c3c(c(=O)oc2c1)CCC3. The highest BCUT2D eigenvalue weighted by atomic mass is 16.6. The second kappa shape index (κ2) is 10.1. The average Bonchev–Trinajstić information content (AvgIpc) is 3.37. The molecule has 0 fully saturated rings. The van der Waals surface area contributed by atoms with Crippen LogP contribution < -0.4 is 15.7 Å². The third-order valence-electron chi connectivity index (χ3n) is 6.23. The van der Waals surface area contributed by atoms with Gasteiger partial charge in [-0.1, -0.05) is 60.7 Å². The van der Waals surface area contributed by atoms with Gasteiger partial charge in [-0.15, -0.1) is 0 Å². The van der Waals surface area contributed by atoms with Crippen LogP contribution in [0.15, 0.2) is 82.0 Å². The molecule has 7 heteroatoms. The van der Waals surface area contributed by atoms with Gasteiger partial charge in [-0.25, -0.2) is 14.4 Å². The maximum atomic E-state index is 13.5. The highest BCUT2D eigenvalue weighted by molar-refractivity contribution is 5.92. The van der Waals surface area contributed by atoms with E-state index < -0.39 is 18.1 Å². The number of rotatable bonds is 6. The molecule has 5 rings (SSSR count). The smallest absolute Gasteiger partial charge is 0.408 e. The maximum absolute atomic E-state index is 13.5. The van der Waals surface area contributed by atoms with Crippen LogP contribution in [0.4, 0.5) is 4.79 Å². The van der Waals surface area contributed by atoms with E-state index in [1.54, 1.807) is 36.4 Å². The molecule has 1 N–H and O–H groups in total. The van der Waals surface area contributed by atoms with Crippen LogP contribution >= 0.6 is 0 Å². The van der Waals surface area contributed by atoms with Gasteiger partial charge in [0.2, 0.25) is 0 Å². The Labute approximate surface area is 207 Å². The summed E-state index contributed by atoms with van der Waals surface area (Å²) in [4.78, 5) is 38.5. The molecule has 36 heavy (non-hydrogen) atoms. The first-order chi connectivity index (χ1) is 17.5. The number of nitrogens with one attached hydrogen (secondary N) is 1. The molecule has 1 heterocycles. The normalized spacial score (nSPS) is 13.1. The first-order valence-electron chi connectivity index (χ1n) is 11.8. The summed E-state index contributed by atoms with van der Waals surface area (Å²) in [6, 6.07) is 20.5. The second-order valence-corrected chi connectivity index (χ2v) is 8.81. The van der Waals surface area contributed by atoms with Gasteiger partial charge in [0, 0.05) is 5.56 Å². The summed E-state index contributed by atoms with van der Waals surface area (Å²) in [6.07, 6.45) is 1.43. The van der Waals surface area contributed by atoms with E-state index in [1.165, 1.54) is 0 Å². The fraction of sp³-hybridized carbons (Fsp3) is 0.207. The van der Waals surface area contributed by atoms with Crippen LogP contribution in [0.25, 0.3) is 11.0 Å². The molecule has 182 valence electrons. The maximum Gasteiger partial charge on any atom is 0.408 e. The number of carbonyl (C=O) groups is 2. The van der Waals surface area contributed by atoms with Crippen molar-refractivity contribution in [2.45, 2.75) is 38.8 Å². The zero-order valence-corrected chi connectivity index (χ0v) is 19.8. The molecule has 4 aromatic rings. The summed E-state index contributed by atoms with van der Waals surface area (Å²) in [5.41, 5.74) is 3.68. The number of esters is 1. The average molecular weight is 484 g/mol. The molecule has 1 aliphatic carbocycles. The number of hydrogen-bond acceptors (Lipinski definition) is 6. The molecule has 0 radical (unpaired) electrons. The summed E-state index contributed by atoms with van der Waals surface area (Å²) in [6.45, 7) is 1.90. The number of benzene rings is 3. The molecular weight excluding hydrogens is 458 g/mol. The lowest BCUT2D eigenvalue weighted by atomic mass is 10.0. The molecule has 1 aliphatic rings. The number of ether oxygens (including phenoxy) is 2. The van der Waals surface area contributed by atoms with Gasteiger partial charge in [-0.2, -0.15) is 0 Å². The van der Waals surface area contributed by atoms with E-state index in [0.717, 1.165) is 23.1 Å². The Morgan fingerprint density at radius 1 is 0.972 bits per heavy atom. The molecule has 3 aromatic carbocycles. The molecule has 0 saturated heterocycles. The van der Waals surface area contributed by atoms with Crippen LogP contribution in [0.5, 0.6) is 5.75 Å². The van der Waals surface area contributed by atoms with Gasteiger partial charge in [-0.05, 0) is 60.6 Å². The summed E-state index contributed by atoms with van der Waals surface area (Å²) >= 11 is 0. The Hall–Kier alpha value is -4.39. The van der Waals surface area contributed by atoms with E-state index in [-0.39, 0.29) is 12.2 Å². The molecule has 0 aliphatic heterocycles. The molecule has 0 bridgehead atoms. The topological polar surface area (TPSA) is 94.8 Å². The zero-order valence-electron chi connectivity index (χ0n) is 19.8. The third-order valence-corrected chi connectivity index (χ3v) is 6.23. The van der Waals surface area contributed by atoms with E-state index in [2.05, 4.69) is 5.32 Å². The van der Waals surface area contributed by atoms with E-state index in [1.807, 2.05) is 43.3 Å². The minimum atomic E-state index is -1.10. The lowest BCUT2D eigenvalue weighted by Crippen LogP contribution is -2.36. The van der Waals surface area contributed by atoms with Gasteiger partial charge in [0.15, 0.2) is 6.04 Å². The highest BCUT2D eigenvalue weighted by Gasteiger charge is 2.28. The molecule has 0 unspecified atom stereocenters. The molecule has 0 saturated carbocycles. The molecular formula is C29H25NO6. The standard InChI is InChI=1S/C29H25NO6/c1-18-15-23-25(21-13-8-14-22(21)27(31)35-23)24(16-18)36-28(32)26(20-11-6-3-7-12-20)30-29(33)34-17-19-9-4-2-5-10-19/h2-7,9-12,15-16,26H,8,13-14,17H2,1H3,(H,30,33)/t26-/m1/s1. The van der Waals surface area contributed by atoms with E-state index in [9.17, 15) is 14.4 Å². The molecule has 1 atom stereocenters. The predicted octanol–water partition coefficient (Wildman–Crippen LogP) is 5.16. The monoisotopic (exact) mass is 483 g/mol. The number of aryl methyl sites for hydroxylation is 2. The highest BCUT2D eigenvalue weighted by Crippen LogP contribution is 2.35. The fourth-order valence-electron chi connectivity index (χ4n) is 4.56. The Morgan fingerprint density at radius 3 is 2.42 bits per heavy atom. The quantitative estimate of drug-likeness (QED) is 0.231. The number of amides is 1. The van der Waals surface area contributed by atoms with Crippen molar-refractivity contribution in [2.75, 3.05) is 0 Å². The van der Waals surface area contributed by atoms with Crippen LogP contribution in [-0.4, -0.2) is 12.1 Å². The van der Waals surface area contributed by atoms with E-state index >= 15 is 0 Å². The number of fused-ring (bicyclic) bond motifs is 3. The summed E-state index contributed by atoms with van der Waals surface area (Å²) in [5.74, 6) is -0.375. The molecule has 1 aromatic heterocycles. The first-order valence-corrected chi connectivity index (χ1v) is 11.8. The van der Waals surface area contributed by atoms with Gasteiger partial charge in [0.25, 0.3) is 0 Å².